The van der Waals surface area contributed by atoms with E-state index in [1.165, 1.54) is 6.07 Å². The zero-order valence-electron chi connectivity index (χ0n) is 9.37. The third-order valence-corrected chi connectivity index (χ3v) is 2.95. The van der Waals surface area contributed by atoms with E-state index in [4.69, 9.17) is 0 Å². The van der Waals surface area contributed by atoms with Crippen molar-refractivity contribution >= 4 is 21.6 Å². The summed E-state index contributed by atoms with van der Waals surface area (Å²) in [5, 5.41) is 3.20. The third-order valence-electron chi connectivity index (χ3n) is 2.51. The van der Waals surface area contributed by atoms with Crippen molar-refractivity contribution in [3.8, 4) is 0 Å². The molecule has 2 nitrogen and oxygen atoms in total. The summed E-state index contributed by atoms with van der Waals surface area (Å²) in [7, 11) is 0. The maximum absolute atomic E-state index is 13.3. The molecule has 0 saturated carbocycles. The number of rotatable bonds is 3. The number of hydrogen-bond acceptors (Lipinski definition) is 2. The van der Waals surface area contributed by atoms with Crippen LogP contribution in [0.1, 0.15) is 11.1 Å². The van der Waals surface area contributed by atoms with Gasteiger partial charge in [-0.3, -0.25) is 4.98 Å². The first-order valence-electron chi connectivity index (χ1n) is 5.25. The van der Waals surface area contributed by atoms with Crippen molar-refractivity contribution in [2.24, 2.45) is 0 Å². The fraction of sp³-hybridized carbons (Fsp3) is 0.154. The molecule has 0 aliphatic carbocycles. The number of nitrogens with zero attached hydrogens (tertiary/aromatic N) is 1. The van der Waals surface area contributed by atoms with Crippen LogP contribution in [0.25, 0.3) is 0 Å². The smallest absolute Gasteiger partial charge is 0.128 e. The summed E-state index contributed by atoms with van der Waals surface area (Å²) in [6.07, 6.45) is 3.52. The maximum atomic E-state index is 13.3. The average Bonchev–Trinajstić information content (AvgIpc) is 2.31. The highest BCUT2D eigenvalue weighted by Crippen LogP contribution is 2.18. The lowest BCUT2D eigenvalue weighted by atomic mass is 10.2. The third kappa shape index (κ3) is 3.03. The van der Waals surface area contributed by atoms with Crippen LogP contribution in [-0.2, 0) is 6.54 Å². The molecule has 17 heavy (non-hydrogen) atoms. The van der Waals surface area contributed by atoms with Crippen LogP contribution in [0.4, 0.5) is 10.1 Å². The van der Waals surface area contributed by atoms with E-state index in [1.54, 1.807) is 25.4 Å². The van der Waals surface area contributed by atoms with E-state index in [-0.39, 0.29) is 5.82 Å². The molecular formula is C13H12BrFN2. The van der Waals surface area contributed by atoms with Gasteiger partial charge < -0.3 is 5.32 Å². The Hall–Kier alpha value is -1.42. The van der Waals surface area contributed by atoms with E-state index in [1.807, 2.05) is 12.1 Å². The molecule has 0 aliphatic heterocycles. The van der Waals surface area contributed by atoms with Gasteiger partial charge in [0.05, 0.1) is 0 Å². The summed E-state index contributed by atoms with van der Waals surface area (Å²) in [4.78, 5) is 4.08. The molecule has 0 bridgehead atoms. The maximum Gasteiger partial charge on any atom is 0.128 e. The Morgan fingerprint density at radius 2 is 2.18 bits per heavy atom. The summed E-state index contributed by atoms with van der Waals surface area (Å²) in [5.41, 5.74) is 2.49. The molecule has 0 radical (unpaired) electrons. The molecule has 88 valence electrons. The van der Waals surface area contributed by atoms with Gasteiger partial charge in [0, 0.05) is 34.7 Å². The second kappa shape index (κ2) is 5.27. The molecule has 0 amide bonds. The van der Waals surface area contributed by atoms with Gasteiger partial charge in [0.1, 0.15) is 5.82 Å². The van der Waals surface area contributed by atoms with E-state index in [0.717, 1.165) is 15.7 Å². The first kappa shape index (κ1) is 12.0. The zero-order valence-corrected chi connectivity index (χ0v) is 11.0. The fourth-order valence-electron chi connectivity index (χ4n) is 1.55. The normalized spacial score (nSPS) is 10.3. The van der Waals surface area contributed by atoms with E-state index in [2.05, 4.69) is 26.2 Å². The van der Waals surface area contributed by atoms with E-state index >= 15 is 0 Å². The predicted octanol–water partition coefficient (Wildman–Crippen LogP) is 3.90. The van der Waals surface area contributed by atoms with E-state index in [0.29, 0.717) is 12.1 Å². The second-order valence-electron chi connectivity index (χ2n) is 3.78. The Bertz CT molecular complexity index is 529. The van der Waals surface area contributed by atoms with Gasteiger partial charge >= 0.3 is 0 Å². The fourth-order valence-corrected chi connectivity index (χ4v) is 1.96. The quantitative estimate of drug-likeness (QED) is 0.928. The van der Waals surface area contributed by atoms with Crippen LogP contribution in [0.2, 0.25) is 0 Å². The minimum absolute atomic E-state index is 0.192. The van der Waals surface area contributed by atoms with Gasteiger partial charge in [-0.1, -0.05) is 6.07 Å². The monoisotopic (exact) mass is 294 g/mol. The molecule has 0 saturated heterocycles. The summed E-state index contributed by atoms with van der Waals surface area (Å²) < 4.78 is 14.2. The Balaban J connectivity index is 2.10. The Labute approximate surface area is 108 Å². The molecule has 1 aromatic carbocycles. The van der Waals surface area contributed by atoms with Crippen LogP contribution in [0.3, 0.4) is 0 Å². The van der Waals surface area contributed by atoms with Crippen molar-refractivity contribution in [2.45, 2.75) is 13.5 Å². The topological polar surface area (TPSA) is 24.9 Å². The van der Waals surface area contributed by atoms with Crippen LogP contribution in [0.15, 0.2) is 41.1 Å². The standard InChI is InChI=1S/C13H12BrFN2/c1-9-12(15)3-2-4-13(9)17-7-10-5-11(14)8-16-6-10/h2-6,8,17H,7H2,1H3. The molecule has 2 aromatic rings. The van der Waals surface area contributed by atoms with Crippen molar-refractivity contribution < 1.29 is 4.39 Å². The average molecular weight is 295 g/mol. The minimum atomic E-state index is -0.192. The molecule has 0 aliphatic rings. The van der Waals surface area contributed by atoms with E-state index in [9.17, 15) is 4.39 Å². The highest BCUT2D eigenvalue weighted by atomic mass is 79.9. The number of benzene rings is 1. The van der Waals surface area contributed by atoms with Gasteiger partial charge in [-0.05, 0) is 46.6 Å². The SMILES string of the molecule is Cc1c(F)cccc1NCc1cncc(Br)c1. The Kier molecular flexibility index (Phi) is 3.74. The Morgan fingerprint density at radius 3 is 2.94 bits per heavy atom. The molecular weight excluding hydrogens is 283 g/mol. The number of anilines is 1. The lowest BCUT2D eigenvalue weighted by Gasteiger charge is -2.09. The summed E-state index contributed by atoms with van der Waals surface area (Å²) in [6, 6.07) is 7.00. The molecule has 0 spiro atoms. The molecule has 1 heterocycles. The van der Waals surface area contributed by atoms with E-state index < -0.39 is 0 Å². The van der Waals surface area contributed by atoms with Crippen LogP contribution in [0, 0.1) is 12.7 Å². The molecule has 0 fully saturated rings. The summed E-state index contributed by atoms with van der Waals surface area (Å²) in [6.45, 7) is 2.38. The van der Waals surface area contributed by atoms with Gasteiger partial charge in [0.15, 0.2) is 0 Å². The highest BCUT2D eigenvalue weighted by molar-refractivity contribution is 9.10. The Morgan fingerprint density at radius 1 is 1.35 bits per heavy atom. The van der Waals surface area contributed by atoms with Gasteiger partial charge in [-0.15, -0.1) is 0 Å². The van der Waals surface area contributed by atoms with Crippen LogP contribution in [-0.4, -0.2) is 4.98 Å². The first-order valence-corrected chi connectivity index (χ1v) is 6.04. The number of pyridine rings is 1. The number of hydrogen-bond donors (Lipinski definition) is 1. The number of halogens is 2. The largest absolute Gasteiger partial charge is 0.381 e. The van der Waals surface area contributed by atoms with Gasteiger partial charge in [-0.25, -0.2) is 4.39 Å². The lowest BCUT2D eigenvalue weighted by Crippen LogP contribution is -2.02. The number of nitrogens with one attached hydrogen (secondary N) is 1. The molecule has 2 rings (SSSR count). The second-order valence-corrected chi connectivity index (χ2v) is 4.69. The summed E-state index contributed by atoms with van der Waals surface area (Å²) >= 11 is 3.36. The first-order chi connectivity index (χ1) is 8.16. The van der Waals surface area contributed by atoms with Crippen LogP contribution in [0.5, 0.6) is 0 Å². The molecule has 0 atom stereocenters. The molecule has 1 N–H and O–H groups in total. The van der Waals surface area contributed by atoms with Crippen molar-refractivity contribution in [1.29, 1.82) is 0 Å². The number of aromatic nitrogens is 1. The zero-order chi connectivity index (χ0) is 12.3. The van der Waals surface area contributed by atoms with Crippen molar-refractivity contribution in [2.75, 3.05) is 5.32 Å². The molecule has 4 heteroatoms. The highest BCUT2D eigenvalue weighted by Gasteiger charge is 2.02. The van der Waals surface area contributed by atoms with Crippen LogP contribution < -0.4 is 5.32 Å². The van der Waals surface area contributed by atoms with Crippen LogP contribution >= 0.6 is 15.9 Å². The van der Waals surface area contributed by atoms with Crippen molar-refractivity contribution in [3.05, 3.63) is 58.1 Å². The molecule has 1 aromatic heterocycles. The summed E-state index contributed by atoms with van der Waals surface area (Å²) in [5.74, 6) is -0.192. The molecule has 0 unspecified atom stereocenters. The van der Waals surface area contributed by atoms with Gasteiger partial charge in [0.2, 0.25) is 0 Å². The predicted molar refractivity (Wildman–Crippen MR) is 70.4 cm³/mol. The van der Waals surface area contributed by atoms with Gasteiger partial charge in [0.25, 0.3) is 0 Å². The van der Waals surface area contributed by atoms with Crippen molar-refractivity contribution in [3.63, 3.8) is 0 Å². The minimum Gasteiger partial charge on any atom is -0.381 e. The van der Waals surface area contributed by atoms with Crippen molar-refractivity contribution in [1.82, 2.24) is 4.98 Å². The lowest BCUT2D eigenvalue weighted by molar-refractivity contribution is 0.619. The van der Waals surface area contributed by atoms with Gasteiger partial charge in [-0.2, -0.15) is 0 Å².